The molecule has 0 atom stereocenters. The highest BCUT2D eigenvalue weighted by molar-refractivity contribution is 7.87. The van der Waals surface area contributed by atoms with Crippen LogP contribution in [0, 0.1) is 0 Å². The minimum absolute atomic E-state index is 0.112. The minimum atomic E-state index is -6.17. The molecular weight excluding hydrogens is 271 g/mol. The van der Waals surface area contributed by atoms with Crippen molar-refractivity contribution >= 4 is 10.1 Å². The number of halogens is 5. The van der Waals surface area contributed by atoms with Crippen LogP contribution in [0.4, 0.5) is 22.0 Å². The van der Waals surface area contributed by atoms with Crippen LogP contribution in [0.3, 0.4) is 0 Å². The zero-order valence-electron chi connectivity index (χ0n) is 9.06. The molecule has 0 rings (SSSR count). The Morgan fingerprint density at radius 1 is 1.00 bits per heavy atom. The van der Waals surface area contributed by atoms with Gasteiger partial charge < -0.3 is 0 Å². The zero-order chi connectivity index (χ0) is 13.7. The van der Waals surface area contributed by atoms with Crippen molar-refractivity contribution in [3.63, 3.8) is 0 Å². The Labute approximate surface area is 96.1 Å². The van der Waals surface area contributed by atoms with Gasteiger partial charge in [-0.3, -0.25) is 4.18 Å². The number of unbranched alkanes of at least 4 members (excludes halogenated alkanes) is 3. The van der Waals surface area contributed by atoms with Crippen molar-refractivity contribution in [1.82, 2.24) is 0 Å². The summed E-state index contributed by atoms with van der Waals surface area (Å²) >= 11 is 0. The van der Waals surface area contributed by atoms with Gasteiger partial charge in [-0.25, -0.2) is 0 Å². The van der Waals surface area contributed by atoms with Crippen LogP contribution < -0.4 is 0 Å². The Hall–Kier alpha value is -0.440. The molecule has 0 aliphatic heterocycles. The molecule has 0 bridgehead atoms. The Kier molecular flexibility index (Phi) is 5.79. The van der Waals surface area contributed by atoms with Crippen molar-refractivity contribution < 1.29 is 34.6 Å². The summed E-state index contributed by atoms with van der Waals surface area (Å²) in [4.78, 5) is 0. The molecule has 0 fully saturated rings. The SMILES string of the molecule is CCCCCCOS(=O)(=O)C(F)(F)C(F)(F)F. The summed E-state index contributed by atoms with van der Waals surface area (Å²) < 4.78 is 85.1. The van der Waals surface area contributed by atoms with Crippen LogP contribution in [0.1, 0.15) is 32.6 Å². The highest BCUT2D eigenvalue weighted by Crippen LogP contribution is 2.40. The molecule has 0 saturated heterocycles. The molecule has 0 amide bonds. The van der Waals surface area contributed by atoms with Crippen molar-refractivity contribution in [2.75, 3.05) is 6.61 Å². The molecule has 0 radical (unpaired) electrons. The summed E-state index contributed by atoms with van der Waals surface area (Å²) in [5.74, 6) is 0. The van der Waals surface area contributed by atoms with Gasteiger partial charge in [0.25, 0.3) is 0 Å². The van der Waals surface area contributed by atoms with E-state index in [4.69, 9.17) is 0 Å². The van der Waals surface area contributed by atoms with Crippen LogP contribution in [-0.4, -0.2) is 26.5 Å². The average molecular weight is 284 g/mol. The molecule has 0 aromatic carbocycles. The van der Waals surface area contributed by atoms with Crippen LogP contribution in [-0.2, 0) is 14.3 Å². The van der Waals surface area contributed by atoms with E-state index in [1.165, 1.54) is 0 Å². The van der Waals surface area contributed by atoms with Crippen molar-refractivity contribution in [3.8, 4) is 0 Å². The first-order chi connectivity index (χ1) is 7.56. The van der Waals surface area contributed by atoms with Crippen LogP contribution in [0.5, 0.6) is 0 Å². The van der Waals surface area contributed by atoms with Gasteiger partial charge in [0, 0.05) is 0 Å². The monoisotopic (exact) mass is 284 g/mol. The Balaban J connectivity index is 4.39. The summed E-state index contributed by atoms with van der Waals surface area (Å²) in [6.45, 7) is 1.18. The lowest BCUT2D eigenvalue weighted by Gasteiger charge is -2.18. The molecule has 0 aliphatic rings. The fourth-order valence-electron chi connectivity index (χ4n) is 0.913. The van der Waals surface area contributed by atoms with E-state index in [-0.39, 0.29) is 6.42 Å². The summed E-state index contributed by atoms with van der Waals surface area (Å²) in [5, 5.41) is -5.87. The second-order valence-corrected chi connectivity index (χ2v) is 5.01. The topological polar surface area (TPSA) is 43.4 Å². The molecule has 104 valence electrons. The molecule has 17 heavy (non-hydrogen) atoms. The lowest BCUT2D eigenvalue weighted by atomic mass is 10.2. The van der Waals surface area contributed by atoms with E-state index in [0.29, 0.717) is 6.42 Å². The number of hydrogen-bond donors (Lipinski definition) is 0. The Bertz CT molecular complexity index is 323. The normalized spacial score (nSPS) is 14.0. The molecule has 0 aliphatic carbocycles. The van der Waals surface area contributed by atoms with Gasteiger partial charge in [0.15, 0.2) is 0 Å². The molecule has 0 N–H and O–H groups in total. The summed E-state index contributed by atoms with van der Waals surface area (Å²) in [7, 11) is -5.96. The van der Waals surface area contributed by atoms with Crippen LogP contribution in [0.25, 0.3) is 0 Å². The Morgan fingerprint density at radius 2 is 1.53 bits per heavy atom. The molecule has 0 saturated carbocycles. The fourth-order valence-corrected chi connectivity index (χ4v) is 1.68. The predicted octanol–water partition coefficient (Wildman–Crippen LogP) is 3.07. The number of rotatable bonds is 7. The average Bonchev–Trinajstić information content (AvgIpc) is 2.15. The van der Waals surface area contributed by atoms with E-state index >= 15 is 0 Å². The molecule has 0 aromatic rings. The maximum Gasteiger partial charge on any atom is 0.472 e. The minimum Gasteiger partial charge on any atom is -0.265 e. The van der Waals surface area contributed by atoms with E-state index < -0.39 is 28.2 Å². The van der Waals surface area contributed by atoms with E-state index in [1.807, 2.05) is 6.92 Å². The number of hydrogen-bond acceptors (Lipinski definition) is 3. The van der Waals surface area contributed by atoms with Gasteiger partial charge >= 0.3 is 21.5 Å². The largest absolute Gasteiger partial charge is 0.472 e. The van der Waals surface area contributed by atoms with Crippen molar-refractivity contribution in [2.45, 2.75) is 44.0 Å². The molecule has 0 unspecified atom stereocenters. The fraction of sp³-hybridized carbons (Fsp3) is 1.00. The molecule has 0 spiro atoms. The quantitative estimate of drug-likeness (QED) is 0.410. The Morgan fingerprint density at radius 3 is 1.94 bits per heavy atom. The van der Waals surface area contributed by atoms with Crippen LogP contribution in [0.2, 0.25) is 0 Å². The maximum atomic E-state index is 12.4. The third kappa shape index (κ3) is 4.38. The van der Waals surface area contributed by atoms with E-state index in [2.05, 4.69) is 4.18 Å². The predicted molar refractivity (Wildman–Crippen MR) is 50.0 cm³/mol. The van der Waals surface area contributed by atoms with Crippen molar-refractivity contribution in [1.29, 1.82) is 0 Å². The van der Waals surface area contributed by atoms with Crippen LogP contribution in [0.15, 0.2) is 0 Å². The lowest BCUT2D eigenvalue weighted by Crippen LogP contribution is -2.44. The maximum absolute atomic E-state index is 12.4. The van der Waals surface area contributed by atoms with Gasteiger partial charge in [-0.05, 0) is 6.42 Å². The first kappa shape index (κ1) is 16.6. The highest BCUT2D eigenvalue weighted by Gasteiger charge is 2.68. The summed E-state index contributed by atoms with van der Waals surface area (Å²) in [6.07, 6.45) is -4.02. The van der Waals surface area contributed by atoms with Gasteiger partial charge in [-0.15, -0.1) is 0 Å². The standard InChI is InChI=1S/C8H13F5O3S/c1-2-3-4-5-6-16-17(14,15)8(12,13)7(9,10)11/h2-6H2,1H3. The van der Waals surface area contributed by atoms with E-state index in [0.717, 1.165) is 12.8 Å². The third-order valence-electron chi connectivity index (χ3n) is 1.88. The van der Waals surface area contributed by atoms with Crippen LogP contribution >= 0.6 is 0 Å². The second kappa shape index (κ2) is 5.94. The zero-order valence-corrected chi connectivity index (χ0v) is 9.87. The van der Waals surface area contributed by atoms with Crippen molar-refractivity contribution in [2.24, 2.45) is 0 Å². The van der Waals surface area contributed by atoms with E-state index in [9.17, 15) is 30.4 Å². The highest BCUT2D eigenvalue weighted by atomic mass is 32.2. The molecule has 3 nitrogen and oxygen atoms in total. The smallest absolute Gasteiger partial charge is 0.265 e. The lowest BCUT2D eigenvalue weighted by molar-refractivity contribution is -0.244. The first-order valence-corrected chi connectivity index (χ1v) is 6.30. The first-order valence-electron chi connectivity index (χ1n) is 4.89. The number of alkyl halides is 5. The molecule has 9 heteroatoms. The van der Waals surface area contributed by atoms with E-state index in [1.54, 1.807) is 0 Å². The second-order valence-electron chi connectivity index (χ2n) is 3.35. The van der Waals surface area contributed by atoms with Crippen molar-refractivity contribution in [3.05, 3.63) is 0 Å². The molecular formula is C8H13F5O3S. The summed E-state index contributed by atoms with van der Waals surface area (Å²) in [5.41, 5.74) is 0. The van der Waals surface area contributed by atoms with Gasteiger partial charge in [0.05, 0.1) is 6.61 Å². The van der Waals surface area contributed by atoms with Gasteiger partial charge in [0.1, 0.15) is 0 Å². The van der Waals surface area contributed by atoms with Gasteiger partial charge in [-0.1, -0.05) is 26.2 Å². The summed E-state index contributed by atoms with van der Waals surface area (Å²) in [6, 6.07) is 0. The molecule has 0 heterocycles. The van der Waals surface area contributed by atoms with Gasteiger partial charge in [0.2, 0.25) is 0 Å². The third-order valence-corrected chi connectivity index (χ3v) is 3.22. The molecule has 0 aromatic heterocycles. The van der Waals surface area contributed by atoms with Gasteiger partial charge in [-0.2, -0.15) is 30.4 Å².